The Morgan fingerprint density at radius 3 is 2.80 bits per heavy atom. The minimum atomic E-state index is 0.511. The summed E-state index contributed by atoms with van der Waals surface area (Å²) in [5, 5.41) is 8.74. The van der Waals surface area contributed by atoms with Gasteiger partial charge in [0.2, 0.25) is 0 Å². The molecule has 0 unspecified atom stereocenters. The van der Waals surface area contributed by atoms with Crippen LogP contribution in [0.5, 0.6) is 5.75 Å². The van der Waals surface area contributed by atoms with E-state index < -0.39 is 0 Å². The number of aromatic nitrogens is 3. The molecule has 2 N–H and O–H groups in total. The predicted octanol–water partition coefficient (Wildman–Crippen LogP) is 2.59. The fraction of sp³-hybridized carbons (Fsp3) is 0.143. The lowest BCUT2D eigenvalue weighted by Gasteiger charge is -2.05. The Balaban J connectivity index is 1.75. The largest absolute Gasteiger partial charge is 0.493 e. The number of anilines is 1. The van der Waals surface area contributed by atoms with Crippen LogP contribution in [0.2, 0.25) is 5.02 Å². The van der Waals surface area contributed by atoms with E-state index in [1.165, 1.54) is 0 Å². The van der Waals surface area contributed by atoms with Crippen LogP contribution in [0, 0.1) is 0 Å². The molecule has 0 spiro atoms. The van der Waals surface area contributed by atoms with E-state index in [-0.39, 0.29) is 0 Å². The molecule has 0 saturated carbocycles. The van der Waals surface area contributed by atoms with Gasteiger partial charge in [0.1, 0.15) is 11.6 Å². The first-order valence-electron chi connectivity index (χ1n) is 6.20. The zero-order valence-electron chi connectivity index (χ0n) is 10.7. The smallest absolute Gasteiger partial charge is 0.184 e. The van der Waals surface area contributed by atoms with Gasteiger partial charge in [0, 0.05) is 12.6 Å². The molecule has 0 radical (unpaired) electrons. The minimum Gasteiger partial charge on any atom is -0.493 e. The van der Waals surface area contributed by atoms with Crippen molar-refractivity contribution in [3.05, 3.63) is 53.4 Å². The quantitative estimate of drug-likeness (QED) is 0.801. The Bertz CT molecular complexity index is 727. The summed E-state index contributed by atoms with van der Waals surface area (Å²) in [6, 6.07) is 11.3. The molecule has 3 aromatic rings. The number of fused-ring (bicyclic) bond motifs is 1. The van der Waals surface area contributed by atoms with Gasteiger partial charge in [-0.05, 0) is 18.2 Å². The topological polar surface area (TPSA) is 65.4 Å². The molecule has 0 amide bonds. The van der Waals surface area contributed by atoms with E-state index in [0.29, 0.717) is 29.4 Å². The van der Waals surface area contributed by atoms with Crippen LogP contribution in [0.3, 0.4) is 0 Å². The van der Waals surface area contributed by atoms with Crippen LogP contribution in [0.15, 0.2) is 42.6 Å². The molecule has 0 bridgehead atoms. The van der Waals surface area contributed by atoms with Crippen LogP contribution in [0.4, 0.5) is 5.69 Å². The normalized spacial score (nSPS) is 10.8. The van der Waals surface area contributed by atoms with Crippen molar-refractivity contribution in [1.82, 2.24) is 14.6 Å². The molecule has 102 valence electrons. The van der Waals surface area contributed by atoms with E-state index >= 15 is 0 Å². The minimum absolute atomic E-state index is 0.511. The number of halogens is 1. The number of nitrogens with zero attached hydrogens (tertiary/aromatic N) is 3. The number of nitrogen functional groups attached to an aromatic ring is 1. The molecule has 3 rings (SSSR count). The molecule has 1 aromatic carbocycles. The highest BCUT2D eigenvalue weighted by Gasteiger charge is 2.09. The highest BCUT2D eigenvalue weighted by Crippen LogP contribution is 2.19. The number of benzene rings is 1. The Labute approximate surface area is 121 Å². The molecule has 0 aliphatic heterocycles. The van der Waals surface area contributed by atoms with Crippen molar-refractivity contribution in [2.24, 2.45) is 0 Å². The Morgan fingerprint density at radius 1 is 1.20 bits per heavy atom. The van der Waals surface area contributed by atoms with Crippen molar-refractivity contribution in [2.45, 2.75) is 6.42 Å². The first kappa shape index (κ1) is 12.7. The SMILES string of the molecule is Nc1cc(Cl)cn2c(CCOc3ccccc3)nnc12. The van der Waals surface area contributed by atoms with Gasteiger partial charge >= 0.3 is 0 Å². The molecule has 0 atom stereocenters. The van der Waals surface area contributed by atoms with Gasteiger partial charge in [-0.25, -0.2) is 0 Å². The van der Waals surface area contributed by atoms with Crippen molar-refractivity contribution in [1.29, 1.82) is 0 Å². The van der Waals surface area contributed by atoms with E-state index in [1.807, 2.05) is 30.3 Å². The summed E-state index contributed by atoms with van der Waals surface area (Å²) in [6.45, 7) is 0.511. The highest BCUT2D eigenvalue weighted by atomic mass is 35.5. The van der Waals surface area contributed by atoms with Crippen molar-refractivity contribution in [3.63, 3.8) is 0 Å². The number of rotatable bonds is 4. The molecular weight excluding hydrogens is 276 g/mol. The third-order valence-corrected chi connectivity index (χ3v) is 3.11. The molecule has 5 nitrogen and oxygen atoms in total. The summed E-state index contributed by atoms with van der Waals surface area (Å²) in [5.74, 6) is 1.60. The molecule has 0 fully saturated rings. The van der Waals surface area contributed by atoms with Crippen LogP contribution < -0.4 is 10.5 Å². The van der Waals surface area contributed by atoms with Crippen molar-refractivity contribution < 1.29 is 4.74 Å². The average Bonchev–Trinajstić information content (AvgIpc) is 2.83. The average molecular weight is 289 g/mol. The van der Waals surface area contributed by atoms with E-state index in [4.69, 9.17) is 22.1 Å². The third-order valence-electron chi connectivity index (χ3n) is 2.91. The molecule has 0 saturated heterocycles. The zero-order valence-corrected chi connectivity index (χ0v) is 11.4. The maximum Gasteiger partial charge on any atom is 0.184 e. The van der Waals surface area contributed by atoms with Crippen LogP contribution in [0.25, 0.3) is 5.65 Å². The van der Waals surface area contributed by atoms with Gasteiger partial charge in [-0.15, -0.1) is 10.2 Å². The number of hydrogen-bond donors (Lipinski definition) is 1. The molecule has 2 heterocycles. The summed E-state index contributed by atoms with van der Waals surface area (Å²) < 4.78 is 7.44. The number of pyridine rings is 1. The van der Waals surface area contributed by atoms with Crippen LogP contribution in [-0.2, 0) is 6.42 Å². The van der Waals surface area contributed by atoms with Gasteiger partial charge in [0.15, 0.2) is 5.65 Å². The van der Waals surface area contributed by atoms with Crippen LogP contribution in [0.1, 0.15) is 5.82 Å². The second-order valence-electron chi connectivity index (χ2n) is 4.34. The standard InChI is InChI=1S/C14H13ClN4O/c15-10-8-12(16)14-18-17-13(19(14)9-10)6-7-20-11-4-2-1-3-5-11/h1-5,8-9H,6-7,16H2. The molecule has 6 heteroatoms. The summed E-state index contributed by atoms with van der Waals surface area (Å²) in [4.78, 5) is 0. The van der Waals surface area contributed by atoms with Gasteiger partial charge in [-0.1, -0.05) is 29.8 Å². The first-order chi connectivity index (χ1) is 9.74. The van der Waals surface area contributed by atoms with E-state index in [9.17, 15) is 0 Å². The fourth-order valence-corrected chi connectivity index (χ4v) is 2.19. The number of ether oxygens (including phenoxy) is 1. The first-order valence-corrected chi connectivity index (χ1v) is 6.58. The summed E-state index contributed by atoms with van der Waals surface area (Å²) >= 11 is 6.00. The van der Waals surface area contributed by atoms with Crippen molar-refractivity contribution in [3.8, 4) is 5.75 Å². The number of para-hydroxylation sites is 1. The molecule has 2 aromatic heterocycles. The van der Waals surface area contributed by atoms with E-state index in [2.05, 4.69) is 10.2 Å². The lowest BCUT2D eigenvalue weighted by atomic mass is 10.3. The monoisotopic (exact) mass is 288 g/mol. The number of nitrogens with two attached hydrogens (primary N) is 1. The molecular formula is C14H13ClN4O. The number of hydrogen-bond acceptors (Lipinski definition) is 4. The highest BCUT2D eigenvalue weighted by molar-refractivity contribution is 6.30. The van der Waals surface area contributed by atoms with Crippen LogP contribution >= 0.6 is 11.6 Å². The summed E-state index contributed by atoms with van der Waals surface area (Å²) in [7, 11) is 0. The predicted molar refractivity (Wildman–Crippen MR) is 78.1 cm³/mol. The summed E-state index contributed by atoms with van der Waals surface area (Å²) in [6.07, 6.45) is 2.38. The van der Waals surface area contributed by atoms with Gasteiger partial charge in [-0.2, -0.15) is 0 Å². The summed E-state index contributed by atoms with van der Waals surface area (Å²) in [5.41, 5.74) is 6.98. The van der Waals surface area contributed by atoms with Crippen LogP contribution in [-0.4, -0.2) is 21.2 Å². The molecule has 0 aliphatic rings. The maximum absolute atomic E-state index is 6.00. The maximum atomic E-state index is 6.00. The van der Waals surface area contributed by atoms with Crippen molar-refractivity contribution in [2.75, 3.05) is 12.3 Å². The second-order valence-corrected chi connectivity index (χ2v) is 4.77. The van der Waals surface area contributed by atoms with Gasteiger partial charge < -0.3 is 10.5 Å². The lowest BCUT2D eigenvalue weighted by Crippen LogP contribution is -2.05. The van der Waals surface area contributed by atoms with Gasteiger partial charge in [0.25, 0.3) is 0 Å². The van der Waals surface area contributed by atoms with Crippen molar-refractivity contribution >= 4 is 22.9 Å². The lowest BCUT2D eigenvalue weighted by molar-refractivity contribution is 0.318. The zero-order chi connectivity index (χ0) is 13.9. The third kappa shape index (κ3) is 2.53. The van der Waals surface area contributed by atoms with E-state index in [1.54, 1.807) is 16.7 Å². The van der Waals surface area contributed by atoms with Gasteiger partial charge in [0.05, 0.1) is 17.3 Å². The second kappa shape index (κ2) is 5.38. The Morgan fingerprint density at radius 2 is 2.00 bits per heavy atom. The molecule has 20 heavy (non-hydrogen) atoms. The molecule has 0 aliphatic carbocycles. The van der Waals surface area contributed by atoms with E-state index in [0.717, 1.165) is 11.6 Å². The Hall–Kier alpha value is -2.27. The fourth-order valence-electron chi connectivity index (χ4n) is 1.98. The van der Waals surface area contributed by atoms with Gasteiger partial charge in [-0.3, -0.25) is 4.40 Å². The Kier molecular flexibility index (Phi) is 3.43.